The van der Waals surface area contributed by atoms with Crippen LogP contribution in [0.1, 0.15) is 22.4 Å². The number of aryl methyl sites for hydroxylation is 2. The number of carbonyl (C=O) groups is 1. The summed E-state index contributed by atoms with van der Waals surface area (Å²) in [6, 6.07) is 15.6. The highest BCUT2D eigenvalue weighted by Gasteiger charge is 2.25. The van der Waals surface area contributed by atoms with Crippen molar-refractivity contribution < 1.29 is 9.53 Å². The second-order valence-electron chi connectivity index (χ2n) is 6.60. The van der Waals surface area contributed by atoms with Gasteiger partial charge in [0.05, 0.1) is 11.4 Å². The number of fused-ring (bicyclic) bond motifs is 1. The van der Waals surface area contributed by atoms with Gasteiger partial charge in [-0.25, -0.2) is 4.68 Å². The third-order valence-electron chi connectivity index (χ3n) is 4.66. The van der Waals surface area contributed by atoms with Crippen molar-refractivity contribution in [1.82, 2.24) is 9.78 Å². The van der Waals surface area contributed by atoms with Gasteiger partial charge >= 0.3 is 0 Å². The molecule has 4 rings (SSSR count). The summed E-state index contributed by atoms with van der Waals surface area (Å²) in [4.78, 5) is 12.5. The van der Waals surface area contributed by atoms with Crippen molar-refractivity contribution in [3.8, 4) is 11.4 Å². The summed E-state index contributed by atoms with van der Waals surface area (Å²) in [5.41, 5.74) is 5.53. The Morgan fingerprint density at radius 1 is 1.15 bits per heavy atom. The molecule has 2 heterocycles. The highest BCUT2D eigenvalue weighted by atomic mass is 32.2. The SMILES string of the molecule is Cc1ccc(-n2nc3c(c2NC(=O)COc2ccccc2)CSC3)cc1C. The van der Waals surface area contributed by atoms with Gasteiger partial charge in [-0.05, 0) is 49.2 Å². The fraction of sp³-hybridized carbons (Fsp3) is 0.238. The smallest absolute Gasteiger partial charge is 0.263 e. The minimum atomic E-state index is -0.191. The molecule has 6 heteroatoms. The van der Waals surface area contributed by atoms with Crippen LogP contribution in [0, 0.1) is 13.8 Å². The van der Waals surface area contributed by atoms with E-state index < -0.39 is 0 Å². The van der Waals surface area contributed by atoms with Crippen molar-refractivity contribution in [1.29, 1.82) is 0 Å². The maximum Gasteiger partial charge on any atom is 0.263 e. The van der Waals surface area contributed by atoms with Gasteiger partial charge in [-0.1, -0.05) is 24.3 Å². The molecule has 5 nitrogen and oxygen atoms in total. The van der Waals surface area contributed by atoms with Crippen molar-refractivity contribution in [3.05, 3.63) is 70.9 Å². The van der Waals surface area contributed by atoms with Gasteiger partial charge in [-0.2, -0.15) is 16.9 Å². The number of hydrogen-bond acceptors (Lipinski definition) is 4. The third-order valence-corrected chi connectivity index (χ3v) is 5.63. The van der Waals surface area contributed by atoms with Crippen LogP contribution < -0.4 is 10.1 Å². The van der Waals surface area contributed by atoms with Crippen LogP contribution in [0.5, 0.6) is 5.75 Å². The topological polar surface area (TPSA) is 56.2 Å². The predicted octanol–water partition coefficient (Wildman–Crippen LogP) is 4.25. The monoisotopic (exact) mass is 379 g/mol. The Morgan fingerprint density at radius 3 is 2.74 bits per heavy atom. The first-order valence-corrected chi connectivity index (χ1v) is 10.0. The number of ether oxygens (including phenoxy) is 1. The van der Waals surface area contributed by atoms with Gasteiger partial charge in [0.2, 0.25) is 0 Å². The fourth-order valence-corrected chi connectivity index (χ4v) is 4.05. The van der Waals surface area contributed by atoms with E-state index in [1.54, 1.807) is 0 Å². The van der Waals surface area contributed by atoms with E-state index in [2.05, 4.69) is 31.3 Å². The lowest BCUT2D eigenvalue weighted by atomic mass is 10.1. The fourth-order valence-electron chi connectivity index (χ4n) is 3.02. The molecule has 0 spiro atoms. The number of benzene rings is 2. The Balaban J connectivity index is 1.58. The Hall–Kier alpha value is -2.73. The van der Waals surface area contributed by atoms with E-state index in [0.717, 1.165) is 34.3 Å². The molecular weight excluding hydrogens is 358 g/mol. The zero-order valence-corrected chi connectivity index (χ0v) is 16.2. The molecule has 0 atom stereocenters. The first-order valence-electron chi connectivity index (χ1n) is 8.85. The summed E-state index contributed by atoms with van der Waals surface area (Å²) in [5, 5.41) is 7.76. The van der Waals surface area contributed by atoms with Gasteiger partial charge in [0.15, 0.2) is 6.61 Å². The lowest BCUT2D eigenvalue weighted by molar-refractivity contribution is -0.118. The van der Waals surface area contributed by atoms with Gasteiger partial charge in [0.25, 0.3) is 5.91 Å². The van der Waals surface area contributed by atoms with E-state index in [1.165, 1.54) is 11.1 Å². The molecule has 0 unspecified atom stereocenters. The van der Waals surface area contributed by atoms with Crippen molar-refractivity contribution in [2.24, 2.45) is 0 Å². The largest absolute Gasteiger partial charge is 0.484 e. The van der Waals surface area contributed by atoms with E-state index in [1.807, 2.05) is 52.8 Å². The highest BCUT2D eigenvalue weighted by molar-refractivity contribution is 7.98. The van der Waals surface area contributed by atoms with Crippen LogP contribution in [0.2, 0.25) is 0 Å². The quantitative estimate of drug-likeness (QED) is 0.720. The Morgan fingerprint density at radius 2 is 1.96 bits per heavy atom. The average molecular weight is 379 g/mol. The molecule has 3 aromatic rings. The lowest BCUT2D eigenvalue weighted by Crippen LogP contribution is -2.22. The molecule has 1 aromatic heterocycles. The van der Waals surface area contributed by atoms with E-state index in [4.69, 9.17) is 9.84 Å². The van der Waals surface area contributed by atoms with Crippen molar-refractivity contribution >= 4 is 23.5 Å². The molecule has 1 amide bonds. The number of rotatable bonds is 5. The number of amides is 1. The third kappa shape index (κ3) is 3.71. The molecule has 2 aromatic carbocycles. The normalized spacial score (nSPS) is 12.7. The number of nitrogens with one attached hydrogen (secondary N) is 1. The summed E-state index contributed by atoms with van der Waals surface area (Å²) in [5.74, 6) is 2.96. The molecule has 1 N–H and O–H groups in total. The number of nitrogens with zero attached hydrogens (tertiary/aromatic N) is 2. The van der Waals surface area contributed by atoms with Crippen LogP contribution in [0.25, 0.3) is 5.69 Å². The van der Waals surface area contributed by atoms with Crippen molar-refractivity contribution in [2.75, 3.05) is 11.9 Å². The molecule has 1 aliphatic rings. The number of thioether (sulfide) groups is 1. The van der Waals surface area contributed by atoms with Gasteiger partial charge in [-0.15, -0.1) is 0 Å². The van der Waals surface area contributed by atoms with Crippen LogP contribution in [-0.2, 0) is 16.3 Å². The molecule has 0 saturated heterocycles. The maximum atomic E-state index is 12.5. The second-order valence-corrected chi connectivity index (χ2v) is 7.58. The number of hydrogen-bond donors (Lipinski definition) is 1. The molecular formula is C21H21N3O2S. The lowest BCUT2D eigenvalue weighted by Gasteiger charge is -2.13. The number of anilines is 1. The van der Waals surface area contributed by atoms with Crippen LogP contribution in [-0.4, -0.2) is 22.3 Å². The summed E-state index contributed by atoms with van der Waals surface area (Å²) in [6.45, 7) is 4.13. The average Bonchev–Trinajstić information content (AvgIpc) is 3.26. The first kappa shape index (κ1) is 17.7. The highest BCUT2D eigenvalue weighted by Crippen LogP contribution is 2.36. The van der Waals surface area contributed by atoms with Crippen LogP contribution >= 0.6 is 11.8 Å². The molecule has 1 aliphatic heterocycles. The van der Waals surface area contributed by atoms with Crippen LogP contribution in [0.4, 0.5) is 5.82 Å². The zero-order chi connectivity index (χ0) is 18.8. The zero-order valence-electron chi connectivity index (χ0n) is 15.4. The van der Waals surface area contributed by atoms with E-state index in [-0.39, 0.29) is 12.5 Å². The minimum absolute atomic E-state index is 0.0377. The van der Waals surface area contributed by atoms with Gasteiger partial charge < -0.3 is 10.1 Å². The molecule has 0 radical (unpaired) electrons. The molecule has 27 heavy (non-hydrogen) atoms. The maximum absolute atomic E-state index is 12.5. The number of carbonyl (C=O) groups excluding carboxylic acids is 1. The Labute approximate surface area is 162 Å². The number of aromatic nitrogens is 2. The van der Waals surface area contributed by atoms with Gasteiger partial charge in [-0.3, -0.25) is 4.79 Å². The predicted molar refractivity (Wildman–Crippen MR) is 109 cm³/mol. The summed E-state index contributed by atoms with van der Waals surface area (Å²) >= 11 is 1.81. The van der Waals surface area contributed by atoms with E-state index in [9.17, 15) is 4.79 Å². The molecule has 0 bridgehead atoms. The standard InChI is InChI=1S/C21H21N3O2S/c1-14-8-9-16(10-15(14)2)24-21(18-12-27-13-19(18)23-24)22-20(25)11-26-17-6-4-3-5-7-17/h3-10H,11-13H2,1-2H3,(H,22,25). The first-order chi connectivity index (χ1) is 13.1. The van der Waals surface area contributed by atoms with E-state index >= 15 is 0 Å². The van der Waals surface area contributed by atoms with Crippen molar-refractivity contribution in [2.45, 2.75) is 25.4 Å². The van der Waals surface area contributed by atoms with Crippen LogP contribution in [0.15, 0.2) is 48.5 Å². The molecule has 0 aliphatic carbocycles. The van der Waals surface area contributed by atoms with Gasteiger partial charge in [0.1, 0.15) is 11.6 Å². The van der Waals surface area contributed by atoms with E-state index in [0.29, 0.717) is 5.75 Å². The molecule has 138 valence electrons. The van der Waals surface area contributed by atoms with Crippen molar-refractivity contribution in [3.63, 3.8) is 0 Å². The summed E-state index contributed by atoms with van der Waals surface area (Å²) < 4.78 is 7.41. The Kier molecular flexibility index (Phi) is 4.90. The number of para-hydroxylation sites is 1. The second kappa shape index (κ2) is 7.48. The summed E-state index contributed by atoms with van der Waals surface area (Å²) in [6.07, 6.45) is 0. The van der Waals surface area contributed by atoms with Gasteiger partial charge in [0, 0.05) is 17.1 Å². The van der Waals surface area contributed by atoms with Crippen LogP contribution in [0.3, 0.4) is 0 Å². The molecule has 0 saturated carbocycles. The minimum Gasteiger partial charge on any atom is -0.484 e. The molecule has 0 fully saturated rings. The summed E-state index contributed by atoms with van der Waals surface area (Å²) in [7, 11) is 0. The Bertz CT molecular complexity index is 983.